The highest BCUT2D eigenvalue weighted by atomic mass is 35.5. The van der Waals surface area contributed by atoms with Crippen molar-refractivity contribution in [1.82, 2.24) is 15.3 Å². The predicted molar refractivity (Wildman–Crippen MR) is 85.8 cm³/mol. The molecule has 128 valence electrons. The maximum atomic E-state index is 11.4. The van der Waals surface area contributed by atoms with Crippen molar-refractivity contribution in [1.29, 1.82) is 0 Å². The first-order valence-electron chi connectivity index (χ1n) is 6.99. The summed E-state index contributed by atoms with van der Waals surface area (Å²) in [4.78, 5) is 29.5. The highest BCUT2D eigenvalue weighted by Crippen LogP contribution is 2.26. The van der Waals surface area contributed by atoms with E-state index >= 15 is 0 Å². The standard InChI is InChI=1S/C13H20ClN5O4/c1-8-9(19(21)22)10(18-11(14)17-8)15-6-5-7-16-12(20)23-13(2,3)4/h5-7H2,1-4H3,(H,16,20)(H,15,17,18). The summed E-state index contributed by atoms with van der Waals surface area (Å²) in [6.07, 6.45) is 0.0151. The number of hydrogen-bond acceptors (Lipinski definition) is 7. The summed E-state index contributed by atoms with van der Waals surface area (Å²) >= 11 is 5.71. The molecule has 1 aromatic heterocycles. The molecule has 0 atom stereocenters. The third-order valence-electron chi connectivity index (χ3n) is 2.53. The van der Waals surface area contributed by atoms with Crippen molar-refractivity contribution >= 4 is 29.2 Å². The van der Waals surface area contributed by atoms with Crippen molar-refractivity contribution in [3.05, 3.63) is 21.1 Å². The Kier molecular flexibility index (Phi) is 6.49. The van der Waals surface area contributed by atoms with E-state index in [0.717, 1.165) is 0 Å². The van der Waals surface area contributed by atoms with E-state index in [1.807, 2.05) is 0 Å². The van der Waals surface area contributed by atoms with Gasteiger partial charge in [0.15, 0.2) is 0 Å². The van der Waals surface area contributed by atoms with Gasteiger partial charge < -0.3 is 15.4 Å². The fraction of sp³-hybridized carbons (Fsp3) is 0.615. The van der Waals surface area contributed by atoms with E-state index in [4.69, 9.17) is 16.3 Å². The molecule has 0 radical (unpaired) electrons. The molecule has 0 aromatic carbocycles. The topological polar surface area (TPSA) is 119 Å². The first-order valence-corrected chi connectivity index (χ1v) is 7.37. The summed E-state index contributed by atoms with van der Waals surface area (Å²) in [5.74, 6) is 0.0600. The number of ether oxygens (including phenoxy) is 1. The molecule has 0 aliphatic carbocycles. The van der Waals surface area contributed by atoms with Gasteiger partial charge in [0.05, 0.1) is 4.92 Å². The van der Waals surface area contributed by atoms with Gasteiger partial charge in [-0.25, -0.2) is 9.78 Å². The molecule has 0 unspecified atom stereocenters. The minimum Gasteiger partial charge on any atom is -0.444 e. The molecule has 0 aliphatic heterocycles. The number of hydrogen-bond donors (Lipinski definition) is 2. The van der Waals surface area contributed by atoms with Crippen LogP contribution < -0.4 is 10.6 Å². The van der Waals surface area contributed by atoms with Crippen LogP contribution in [0.1, 0.15) is 32.9 Å². The fourth-order valence-electron chi connectivity index (χ4n) is 1.67. The van der Waals surface area contributed by atoms with E-state index in [-0.39, 0.29) is 22.5 Å². The van der Waals surface area contributed by atoms with Gasteiger partial charge in [0.1, 0.15) is 11.3 Å². The average molecular weight is 346 g/mol. The highest BCUT2D eigenvalue weighted by Gasteiger charge is 2.21. The minimum absolute atomic E-state index is 0.0600. The average Bonchev–Trinajstić information content (AvgIpc) is 2.34. The Hall–Kier alpha value is -2.16. The summed E-state index contributed by atoms with van der Waals surface area (Å²) in [6, 6.07) is 0. The first-order chi connectivity index (χ1) is 10.6. The molecular formula is C13H20ClN5O4. The number of rotatable bonds is 6. The van der Waals surface area contributed by atoms with Gasteiger partial charge in [0, 0.05) is 13.1 Å². The number of aryl methyl sites for hydroxylation is 1. The van der Waals surface area contributed by atoms with Crippen LogP contribution in [-0.4, -0.2) is 39.7 Å². The second-order valence-corrected chi connectivity index (χ2v) is 6.08. The van der Waals surface area contributed by atoms with Crippen molar-refractivity contribution in [3.63, 3.8) is 0 Å². The normalized spacial score (nSPS) is 11.0. The van der Waals surface area contributed by atoms with Gasteiger partial charge in [-0.1, -0.05) is 0 Å². The molecule has 9 nitrogen and oxygen atoms in total. The van der Waals surface area contributed by atoms with Crippen LogP contribution in [0.5, 0.6) is 0 Å². The molecule has 0 aliphatic rings. The van der Waals surface area contributed by atoms with Gasteiger partial charge in [0.25, 0.3) is 0 Å². The van der Waals surface area contributed by atoms with Crippen LogP contribution in [0.15, 0.2) is 0 Å². The zero-order valence-electron chi connectivity index (χ0n) is 13.5. The third kappa shape index (κ3) is 6.64. The monoisotopic (exact) mass is 345 g/mol. The molecule has 1 rings (SSSR count). The lowest BCUT2D eigenvalue weighted by atomic mass is 10.2. The maximum absolute atomic E-state index is 11.4. The van der Waals surface area contributed by atoms with Gasteiger partial charge in [-0.2, -0.15) is 4.98 Å². The number of alkyl carbamates (subject to hydrolysis) is 1. The van der Waals surface area contributed by atoms with E-state index < -0.39 is 16.6 Å². The van der Waals surface area contributed by atoms with Gasteiger partial charge in [-0.05, 0) is 45.7 Å². The Balaban J connectivity index is 2.48. The van der Waals surface area contributed by atoms with Crippen LogP contribution in [0.3, 0.4) is 0 Å². The Morgan fingerprint density at radius 3 is 2.57 bits per heavy atom. The van der Waals surface area contributed by atoms with Crippen LogP contribution >= 0.6 is 11.6 Å². The number of carbonyl (C=O) groups excluding carboxylic acids is 1. The molecule has 0 fully saturated rings. The summed E-state index contributed by atoms with van der Waals surface area (Å²) in [5, 5.41) is 16.4. The SMILES string of the molecule is Cc1nc(Cl)nc(NCCCNC(=O)OC(C)(C)C)c1[N+](=O)[O-]. The van der Waals surface area contributed by atoms with Crippen molar-refractivity contribution < 1.29 is 14.5 Å². The lowest BCUT2D eigenvalue weighted by Crippen LogP contribution is -2.33. The number of anilines is 1. The number of aromatic nitrogens is 2. The van der Waals surface area contributed by atoms with Crippen molar-refractivity contribution in [3.8, 4) is 0 Å². The Morgan fingerprint density at radius 2 is 2.00 bits per heavy atom. The number of carbonyl (C=O) groups is 1. The maximum Gasteiger partial charge on any atom is 0.407 e. The first kappa shape index (κ1) is 18.9. The Morgan fingerprint density at radius 1 is 1.35 bits per heavy atom. The summed E-state index contributed by atoms with van der Waals surface area (Å²) < 4.78 is 5.09. The predicted octanol–water partition coefficient (Wildman–Crippen LogP) is 2.67. The lowest BCUT2D eigenvalue weighted by Gasteiger charge is -2.19. The summed E-state index contributed by atoms with van der Waals surface area (Å²) in [6.45, 7) is 7.52. The second kappa shape index (κ2) is 7.91. The van der Waals surface area contributed by atoms with E-state index in [9.17, 15) is 14.9 Å². The van der Waals surface area contributed by atoms with E-state index in [0.29, 0.717) is 19.5 Å². The quantitative estimate of drug-likeness (QED) is 0.352. The van der Waals surface area contributed by atoms with Crippen LogP contribution in [0.25, 0.3) is 0 Å². The van der Waals surface area contributed by atoms with Crippen LogP contribution in [-0.2, 0) is 4.74 Å². The van der Waals surface area contributed by atoms with Crippen LogP contribution in [0.4, 0.5) is 16.3 Å². The highest BCUT2D eigenvalue weighted by molar-refractivity contribution is 6.28. The van der Waals surface area contributed by atoms with E-state index in [1.54, 1.807) is 20.8 Å². The van der Waals surface area contributed by atoms with Crippen LogP contribution in [0.2, 0.25) is 5.28 Å². The number of amides is 1. The third-order valence-corrected chi connectivity index (χ3v) is 2.70. The number of halogens is 1. The van der Waals surface area contributed by atoms with Crippen molar-refractivity contribution in [2.45, 2.75) is 39.7 Å². The Labute approximate surface area is 138 Å². The van der Waals surface area contributed by atoms with Gasteiger partial charge >= 0.3 is 11.8 Å². The number of nitrogens with one attached hydrogen (secondary N) is 2. The molecule has 0 bridgehead atoms. The molecular weight excluding hydrogens is 326 g/mol. The van der Waals surface area contributed by atoms with Crippen molar-refractivity contribution in [2.75, 3.05) is 18.4 Å². The summed E-state index contributed by atoms with van der Waals surface area (Å²) in [7, 11) is 0. The van der Waals surface area contributed by atoms with Crippen LogP contribution in [0, 0.1) is 17.0 Å². The second-order valence-electron chi connectivity index (χ2n) is 5.74. The fourth-order valence-corrected chi connectivity index (χ4v) is 1.89. The van der Waals surface area contributed by atoms with Gasteiger partial charge in [-0.15, -0.1) is 0 Å². The van der Waals surface area contributed by atoms with E-state index in [2.05, 4.69) is 20.6 Å². The molecule has 0 saturated carbocycles. The zero-order valence-corrected chi connectivity index (χ0v) is 14.2. The van der Waals surface area contributed by atoms with Gasteiger partial charge in [0.2, 0.25) is 11.1 Å². The zero-order chi connectivity index (χ0) is 17.6. The molecule has 23 heavy (non-hydrogen) atoms. The molecule has 1 aromatic rings. The number of nitrogens with zero attached hydrogens (tertiary/aromatic N) is 3. The molecule has 2 N–H and O–H groups in total. The largest absolute Gasteiger partial charge is 0.444 e. The van der Waals surface area contributed by atoms with Gasteiger partial charge in [-0.3, -0.25) is 10.1 Å². The lowest BCUT2D eigenvalue weighted by molar-refractivity contribution is -0.385. The molecule has 0 saturated heterocycles. The van der Waals surface area contributed by atoms with E-state index in [1.165, 1.54) is 6.92 Å². The summed E-state index contributed by atoms with van der Waals surface area (Å²) in [5.41, 5.74) is -0.586. The smallest absolute Gasteiger partial charge is 0.407 e. The molecule has 1 heterocycles. The molecule has 10 heteroatoms. The molecule has 1 amide bonds. The number of nitro groups is 1. The van der Waals surface area contributed by atoms with Crippen molar-refractivity contribution in [2.24, 2.45) is 0 Å². The molecule has 0 spiro atoms. The minimum atomic E-state index is -0.563. The Bertz CT molecular complexity index is 588.